The van der Waals surface area contributed by atoms with Gasteiger partial charge in [0.1, 0.15) is 0 Å². The summed E-state index contributed by atoms with van der Waals surface area (Å²) >= 11 is 0. The van der Waals surface area contributed by atoms with Crippen LogP contribution < -0.4 is 5.32 Å². The maximum atomic E-state index is 12.5. The number of carbonyl (C=O) groups excluding carboxylic acids is 2. The number of esters is 1. The van der Waals surface area contributed by atoms with Crippen LogP contribution >= 0.6 is 0 Å². The van der Waals surface area contributed by atoms with Gasteiger partial charge in [-0.05, 0) is 83.5 Å². The van der Waals surface area contributed by atoms with Gasteiger partial charge in [0.05, 0.1) is 25.4 Å². The first kappa shape index (κ1) is 70.1. The van der Waals surface area contributed by atoms with E-state index in [2.05, 4.69) is 43.5 Å². The lowest BCUT2D eigenvalue weighted by Crippen LogP contribution is -2.45. The van der Waals surface area contributed by atoms with E-state index < -0.39 is 12.1 Å². The highest BCUT2D eigenvalue weighted by atomic mass is 16.5. The van der Waals surface area contributed by atoms with Crippen molar-refractivity contribution in [3.05, 3.63) is 36.5 Å². The van der Waals surface area contributed by atoms with Crippen molar-refractivity contribution < 1.29 is 24.5 Å². The van der Waals surface area contributed by atoms with Gasteiger partial charge in [-0.3, -0.25) is 9.59 Å². The number of unbranched alkanes of at least 4 members (excludes halogenated alkanes) is 45. The normalized spacial score (nSPS) is 12.8. The lowest BCUT2D eigenvalue weighted by atomic mass is 10.0. The van der Waals surface area contributed by atoms with Gasteiger partial charge in [0.2, 0.25) is 5.91 Å². The summed E-state index contributed by atoms with van der Waals surface area (Å²) in [7, 11) is 0. The second kappa shape index (κ2) is 61.6. The fourth-order valence-corrected chi connectivity index (χ4v) is 9.92. The van der Waals surface area contributed by atoms with Crippen LogP contribution in [0.1, 0.15) is 348 Å². The summed E-state index contributed by atoms with van der Waals surface area (Å²) in [6, 6.07) is -0.633. The molecule has 0 aliphatic heterocycles. The zero-order valence-electron chi connectivity index (χ0n) is 48.4. The van der Waals surface area contributed by atoms with Gasteiger partial charge in [0, 0.05) is 12.8 Å². The van der Waals surface area contributed by atoms with Gasteiger partial charge in [-0.25, -0.2) is 0 Å². The number of rotatable bonds is 60. The van der Waals surface area contributed by atoms with Crippen LogP contribution in [-0.4, -0.2) is 47.4 Å². The fraction of sp³-hybridized carbons (Fsp3) is 0.879. The number of allylic oxidation sites excluding steroid dienone is 5. The average molecular weight is 1010 g/mol. The standard InChI is InChI=1S/C66H125NO5/c1-3-5-7-9-11-13-15-17-18-19-25-28-31-35-38-42-46-50-54-58-64(69)63(62-68)67-65(70)59-55-51-47-43-39-36-32-29-26-23-21-20-22-24-27-30-33-37-41-45-49-53-57-61-72-66(71)60-56-52-48-44-40-34-16-14-12-10-8-6-4-2/h14,16,23,26,54,58,63-64,68-69H,3-13,15,17-22,24-25,27-53,55-57,59-62H2,1-2H3,(H,67,70)/b16-14-,26-23-,58-54+. The van der Waals surface area contributed by atoms with E-state index in [-0.39, 0.29) is 18.5 Å². The maximum Gasteiger partial charge on any atom is 0.305 e. The Hall–Kier alpha value is -1.92. The average Bonchev–Trinajstić information content (AvgIpc) is 3.38. The van der Waals surface area contributed by atoms with Crippen molar-refractivity contribution >= 4 is 11.9 Å². The van der Waals surface area contributed by atoms with Crippen molar-refractivity contribution in [3.8, 4) is 0 Å². The zero-order chi connectivity index (χ0) is 52.2. The predicted molar refractivity (Wildman–Crippen MR) is 315 cm³/mol. The second-order valence-corrected chi connectivity index (χ2v) is 22.1. The summed E-state index contributed by atoms with van der Waals surface area (Å²) in [5, 5.41) is 23.2. The fourth-order valence-electron chi connectivity index (χ4n) is 9.92. The molecular formula is C66H125NO5. The largest absolute Gasteiger partial charge is 0.466 e. The molecule has 0 heterocycles. The molecule has 0 aromatic rings. The Morgan fingerprint density at radius 1 is 0.375 bits per heavy atom. The predicted octanol–water partition coefficient (Wildman–Crippen LogP) is 20.4. The maximum absolute atomic E-state index is 12.5. The Morgan fingerprint density at radius 2 is 0.653 bits per heavy atom. The molecule has 2 atom stereocenters. The minimum atomic E-state index is -0.849. The summed E-state index contributed by atoms with van der Waals surface area (Å²) in [4.78, 5) is 24.5. The molecule has 6 heteroatoms. The zero-order valence-corrected chi connectivity index (χ0v) is 48.4. The van der Waals surface area contributed by atoms with Gasteiger partial charge >= 0.3 is 5.97 Å². The molecule has 72 heavy (non-hydrogen) atoms. The molecule has 0 saturated heterocycles. The summed E-state index contributed by atoms with van der Waals surface area (Å²) < 4.78 is 5.47. The molecule has 0 bridgehead atoms. The van der Waals surface area contributed by atoms with Gasteiger partial charge in [-0.15, -0.1) is 0 Å². The number of amides is 1. The monoisotopic (exact) mass is 1010 g/mol. The van der Waals surface area contributed by atoms with Crippen LogP contribution in [0.4, 0.5) is 0 Å². The minimum absolute atomic E-state index is 0.00183. The number of hydrogen-bond acceptors (Lipinski definition) is 5. The van der Waals surface area contributed by atoms with Crippen molar-refractivity contribution in [1.82, 2.24) is 5.32 Å². The van der Waals surface area contributed by atoms with E-state index in [0.717, 1.165) is 51.4 Å². The molecule has 0 aromatic heterocycles. The second-order valence-electron chi connectivity index (χ2n) is 22.1. The van der Waals surface area contributed by atoms with Crippen LogP contribution in [0.15, 0.2) is 36.5 Å². The van der Waals surface area contributed by atoms with E-state index in [1.54, 1.807) is 6.08 Å². The number of nitrogens with one attached hydrogen (secondary N) is 1. The van der Waals surface area contributed by atoms with Gasteiger partial charge in [0.15, 0.2) is 0 Å². The molecule has 1 amide bonds. The highest BCUT2D eigenvalue weighted by Gasteiger charge is 2.18. The molecule has 3 N–H and O–H groups in total. The van der Waals surface area contributed by atoms with Gasteiger partial charge in [-0.2, -0.15) is 0 Å². The third-order valence-corrected chi connectivity index (χ3v) is 14.9. The Labute approximate surface area is 449 Å². The van der Waals surface area contributed by atoms with Crippen LogP contribution in [0.2, 0.25) is 0 Å². The molecule has 424 valence electrons. The highest BCUT2D eigenvalue weighted by molar-refractivity contribution is 5.76. The summed E-state index contributed by atoms with van der Waals surface area (Å²) in [6.45, 7) is 4.90. The highest BCUT2D eigenvalue weighted by Crippen LogP contribution is 2.17. The van der Waals surface area contributed by atoms with E-state index in [4.69, 9.17) is 4.74 Å². The van der Waals surface area contributed by atoms with E-state index in [1.807, 2.05) is 6.08 Å². The Bertz CT molecular complexity index is 1170. The van der Waals surface area contributed by atoms with E-state index in [1.165, 1.54) is 270 Å². The number of aliphatic hydroxyl groups excluding tert-OH is 2. The lowest BCUT2D eigenvalue weighted by Gasteiger charge is -2.20. The minimum Gasteiger partial charge on any atom is -0.466 e. The molecule has 6 nitrogen and oxygen atoms in total. The smallest absolute Gasteiger partial charge is 0.305 e. The molecule has 0 radical (unpaired) electrons. The molecule has 0 spiro atoms. The topological polar surface area (TPSA) is 95.9 Å². The van der Waals surface area contributed by atoms with Gasteiger partial charge < -0.3 is 20.3 Å². The van der Waals surface area contributed by atoms with Crippen LogP contribution in [0.5, 0.6) is 0 Å². The first-order chi connectivity index (χ1) is 35.5. The lowest BCUT2D eigenvalue weighted by molar-refractivity contribution is -0.143. The Balaban J connectivity index is 3.45. The van der Waals surface area contributed by atoms with Crippen molar-refractivity contribution in [3.63, 3.8) is 0 Å². The third kappa shape index (κ3) is 57.4. The SMILES string of the molecule is CCCCCC/C=C\CCCCCCCC(=O)OCCCCCCCCCCCCCC/C=C\CCCCCCCCCC(=O)NC(CO)C(O)/C=C/CCCCCCCCCCCCCCCCCCC. The van der Waals surface area contributed by atoms with Crippen LogP contribution in [0.3, 0.4) is 0 Å². The number of carbonyl (C=O) groups is 2. The molecule has 0 fully saturated rings. The molecule has 0 saturated carbocycles. The molecule has 0 aliphatic carbocycles. The molecule has 0 rings (SSSR count). The van der Waals surface area contributed by atoms with Crippen molar-refractivity contribution in [2.45, 2.75) is 360 Å². The van der Waals surface area contributed by atoms with Crippen molar-refractivity contribution in [2.24, 2.45) is 0 Å². The van der Waals surface area contributed by atoms with E-state index in [9.17, 15) is 19.8 Å². The van der Waals surface area contributed by atoms with E-state index in [0.29, 0.717) is 19.4 Å². The first-order valence-electron chi connectivity index (χ1n) is 32.3. The molecular weight excluding hydrogens is 887 g/mol. The van der Waals surface area contributed by atoms with Gasteiger partial charge in [0.25, 0.3) is 0 Å². The first-order valence-corrected chi connectivity index (χ1v) is 32.3. The van der Waals surface area contributed by atoms with Crippen LogP contribution in [0, 0.1) is 0 Å². The van der Waals surface area contributed by atoms with E-state index >= 15 is 0 Å². The van der Waals surface area contributed by atoms with Crippen molar-refractivity contribution in [1.29, 1.82) is 0 Å². The van der Waals surface area contributed by atoms with Crippen LogP contribution in [0.25, 0.3) is 0 Å². The summed E-state index contributed by atoms with van der Waals surface area (Å²) in [5.41, 5.74) is 0. The number of hydrogen-bond donors (Lipinski definition) is 3. The number of aliphatic hydroxyl groups is 2. The third-order valence-electron chi connectivity index (χ3n) is 14.9. The Morgan fingerprint density at radius 3 is 1.00 bits per heavy atom. The summed E-state index contributed by atoms with van der Waals surface area (Å²) in [6.07, 6.45) is 77.6. The Kier molecular flexibility index (Phi) is 60.0. The molecule has 0 aromatic carbocycles. The summed E-state index contributed by atoms with van der Waals surface area (Å²) in [5.74, 6) is -0.0701. The van der Waals surface area contributed by atoms with Gasteiger partial charge in [-0.1, -0.05) is 288 Å². The number of ether oxygens (including phenoxy) is 1. The molecule has 0 aliphatic rings. The van der Waals surface area contributed by atoms with Crippen LogP contribution in [-0.2, 0) is 14.3 Å². The quantitative estimate of drug-likeness (QED) is 0.0320. The molecule has 2 unspecified atom stereocenters. The van der Waals surface area contributed by atoms with Crippen molar-refractivity contribution in [2.75, 3.05) is 13.2 Å².